The van der Waals surface area contributed by atoms with Crippen LogP contribution < -0.4 is 0 Å². The van der Waals surface area contributed by atoms with Crippen LogP contribution in [0.2, 0.25) is 5.02 Å². The largest absolute Gasteiger partial charge is 0.466 e. The number of ether oxygens (including phenoxy) is 1. The smallest absolute Gasteiger partial charge is 0.310 e. The average molecular weight is 361 g/mol. The predicted molar refractivity (Wildman–Crippen MR) is 83.8 cm³/mol. The number of nitrogens with zero attached hydrogens (tertiary/aromatic N) is 1. The van der Waals surface area contributed by atoms with Gasteiger partial charge in [-0.05, 0) is 44.0 Å². The Morgan fingerprint density at radius 1 is 1.55 bits per heavy atom. The molecule has 1 aromatic rings. The molecule has 0 saturated carbocycles. The van der Waals surface area contributed by atoms with E-state index in [-0.39, 0.29) is 11.9 Å². The summed E-state index contributed by atoms with van der Waals surface area (Å²) in [6.45, 7) is 4.84. The fraction of sp³-hybridized carbons (Fsp3) is 0.533. The van der Waals surface area contributed by atoms with Gasteiger partial charge in [-0.1, -0.05) is 33.6 Å². The van der Waals surface area contributed by atoms with Crippen LogP contribution in [0.3, 0.4) is 0 Å². The third-order valence-electron chi connectivity index (χ3n) is 3.53. The molecule has 1 atom stereocenters. The Kier molecular flexibility index (Phi) is 5.87. The second-order valence-corrected chi connectivity index (χ2v) is 6.38. The molecule has 0 aliphatic carbocycles. The summed E-state index contributed by atoms with van der Waals surface area (Å²) < 4.78 is 6.10. The first-order valence-corrected chi connectivity index (χ1v) is 8.10. The van der Waals surface area contributed by atoms with Crippen molar-refractivity contribution in [3.63, 3.8) is 0 Å². The van der Waals surface area contributed by atoms with Crippen molar-refractivity contribution >= 4 is 33.5 Å². The van der Waals surface area contributed by atoms with E-state index in [9.17, 15) is 4.79 Å². The van der Waals surface area contributed by atoms with Crippen LogP contribution in [0.5, 0.6) is 0 Å². The molecule has 2 rings (SSSR count). The van der Waals surface area contributed by atoms with E-state index in [0.717, 1.165) is 47.5 Å². The van der Waals surface area contributed by atoms with E-state index in [0.29, 0.717) is 6.61 Å². The van der Waals surface area contributed by atoms with Gasteiger partial charge in [0.05, 0.1) is 12.5 Å². The van der Waals surface area contributed by atoms with Crippen LogP contribution >= 0.6 is 27.5 Å². The number of hydrogen-bond acceptors (Lipinski definition) is 3. The van der Waals surface area contributed by atoms with Gasteiger partial charge in [0.15, 0.2) is 0 Å². The molecule has 1 aliphatic heterocycles. The molecular weight excluding hydrogens is 342 g/mol. The minimum Gasteiger partial charge on any atom is -0.466 e. The van der Waals surface area contributed by atoms with Crippen molar-refractivity contribution in [3.05, 3.63) is 33.3 Å². The highest BCUT2D eigenvalue weighted by Gasteiger charge is 2.26. The molecule has 1 aromatic carbocycles. The van der Waals surface area contributed by atoms with E-state index in [1.54, 1.807) is 0 Å². The molecule has 20 heavy (non-hydrogen) atoms. The third kappa shape index (κ3) is 4.21. The van der Waals surface area contributed by atoms with Crippen LogP contribution in [0.15, 0.2) is 22.7 Å². The second-order valence-electron chi connectivity index (χ2n) is 5.06. The van der Waals surface area contributed by atoms with Gasteiger partial charge in [-0.15, -0.1) is 0 Å². The maximum Gasteiger partial charge on any atom is 0.310 e. The summed E-state index contributed by atoms with van der Waals surface area (Å²) in [7, 11) is 0. The molecule has 0 unspecified atom stereocenters. The second kappa shape index (κ2) is 7.43. The van der Waals surface area contributed by atoms with Gasteiger partial charge in [0.25, 0.3) is 0 Å². The molecule has 5 heteroatoms. The van der Waals surface area contributed by atoms with Gasteiger partial charge in [-0.2, -0.15) is 0 Å². The molecular formula is C15H19BrClNO2. The van der Waals surface area contributed by atoms with Crippen molar-refractivity contribution in [2.24, 2.45) is 5.92 Å². The number of hydrogen-bond donors (Lipinski definition) is 0. The van der Waals surface area contributed by atoms with Crippen LogP contribution in [0.4, 0.5) is 0 Å². The van der Waals surface area contributed by atoms with Gasteiger partial charge in [-0.3, -0.25) is 9.69 Å². The number of halogens is 2. The molecule has 1 saturated heterocycles. The van der Waals surface area contributed by atoms with Crippen LogP contribution in [-0.2, 0) is 16.1 Å². The Balaban J connectivity index is 1.97. The molecule has 1 heterocycles. The maximum atomic E-state index is 11.8. The number of esters is 1. The zero-order chi connectivity index (χ0) is 14.5. The molecule has 0 spiro atoms. The minimum atomic E-state index is -0.0703. The Bertz CT molecular complexity index is 481. The van der Waals surface area contributed by atoms with E-state index in [4.69, 9.17) is 16.3 Å². The normalized spacial score (nSPS) is 19.9. The number of likely N-dealkylation sites (tertiary alicyclic amines) is 1. The number of carbonyl (C=O) groups is 1. The first-order chi connectivity index (χ1) is 9.60. The Morgan fingerprint density at radius 2 is 2.35 bits per heavy atom. The highest BCUT2D eigenvalue weighted by molar-refractivity contribution is 9.10. The fourth-order valence-electron chi connectivity index (χ4n) is 2.54. The summed E-state index contributed by atoms with van der Waals surface area (Å²) in [5, 5.41) is 0.762. The van der Waals surface area contributed by atoms with E-state index in [1.807, 2.05) is 25.1 Å². The van der Waals surface area contributed by atoms with Crippen molar-refractivity contribution in [2.75, 3.05) is 19.7 Å². The maximum absolute atomic E-state index is 11.8. The van der Waals surface area contributed by atoms with Crippen molar-refractivity contribution in [3.8, 4) is 0 Å². The summed E-state index contributed by atoms with van der Waals surface area (Å²) in [5.74, 6) is -0.0722. The lowest BCUT2D eigenvalue weighted by atomic mass is 9.98. The SMILES string of the molecule is CCOC(=O)[C@H]1CCCN(Cc2ccc(Br)cc2Cl)C1. The van der Waals surface area contributed by atoms with E-state index < -0.39 is 0 Å². The zero-order valence-electron chi connectivity index (χ0n) is 11.6. The van der Waals surface area contributed by atoms with Gasteiger partial charge < -0.3 is 4.74 Å². The Morgan fingerprint density at radius 3 is 3.05 bits per heavy atom. The van der Waals surface area contributed by atoms with Crippen LogP contribution in [0.25, 0.3) is 0 Å². The van der Waals surface area contributed by atoms with Gasteiger partial charge in [0, 0.05) is 22.6 Å². The van der Waals surface area contributed by atoms with Gasteiger partial charge in [-0.25, -0.2) is 0 Å². The molecule has 3 nitrogen and oxygen atoms in total. The summed E-state index contributed by atoms with van der Waals surface area (Å²) >= 11 is 9.66. The van der Waals surface area contributed by atoms with E-state index >= 15 is 0 Å². The lowest BCUT2D eigenvalue weighted by molar-refractivity contribution is -0.150. The van der Waals surface area contributed by atoms with Crippen molar-refractivity contribution in [1.29, 1.82) is 0 Å². The third-order valence-corrected chi connectivity index (χ3v) is 4.38. The average Bonchev–Trinajstić information content (AvgIpc) is 2.43. The van der Waals surface area contributed by atoms with Crippen LogP contribution in [-0.4, -0.2) is 30.6 Å². The van der Waals surface area contributed by atoms with Crippen molar-refractivity contribution < 1.29 is 9.53 Å². The van der Waals surface area contributed by atoms with Gasteiger partial charge >= 0.3 is 5.97 Å². The number of carbonyl (C=O) groups excluding carboxylic acids is 1. The molecule has 1 fully saturated rings. The minimum absolute atomic E-state index is 0.00192. The quantitative estimate of drug-likeness (QED) is 0.763. The summed E-state index contributed by atoms with van der Waals surface area (Å²) in [6, 6.07) is 5.93. The molecule has 0 bridgehead atoms. The van der Waals surface area contributed by atoms with Gasteiger partial charge in [0.1, 0.15) is 0 Å². The van der Waals surface area contributed by atoms with E-state index in [2.05, 4.69) is 20.8 Å². The van der Waals surface area contributed by atoms with Crippen LogP contribution in [0.1, 0.15) is 25.3 Å². The lowest BCUT2D eigenvalue weighted by Crippen LogP contribution is -2.38. The van der Waals surface area contributed by atoms with Crippen molar-refractivity contribution in [2.45, 2.75) is 26.3 Å². The number of piperidine rings is 1. The summed E-state index contributed by atoms with van der Waals surface area (Å²) in [4.78, 5) is 14.1. The van der Waals surface area contributed by atoms with Gasteiger partial charge in [0.2, 0.25) is 0 Å². The first-order valence-electron chi connectivity index (χ1n) is 6.93. The lowest BCUT2D eigenvalue weighted by Gasteiger charge is -2.31. The summed E-state index contributed by atoms with van der Waals surface area (Å²) in [5.41, 5.74) is 1.10. The fourth-order valence-corrected chi connectivity index (χ4v) is 3.28. The molecule has 1 aliphatic rings. The first kappa shape index (κ1) is 15.8. The molecule has 0 radical (unpaired) electrons. The molecule has 110 valence electrons. The highest BCUT2D eigenvalue weighted by atomic mass is 79.9. The topological polar surface area (TPSA) is 29.5 Å². The number of benzene rings is 1. The predicted octanol–water partition coefficient (Wildman–Crippen LogP) is 3.88. The van der Waals surface area contributed by atoms with Crippen molar-refractivity contribution in [1.82, 2.24) is 4.90 Å². The molecule has 0 aromatic heterocycles. The molecule has 0 amide bonds. The summed E-state index contributed by atoms with van der Waals surface area (Å²) in [6.07, 6.45) is 1.95. The zero-order valence-corrected chi connectivity index (χ0v) is 13.9. The van der Waals surface area contributed by atoms with Crippen LogP contribution in [0, 0.1) is 5.92 Å². The Hall–Kier alpha value is -0.580. The number of rotatable bonds is 4. The standard InChI is InChI=1S/C15H19BrClNO2/c1-2-20-15(19)12-4-3-7-18(10-12)9-11-5-6-13(16)8-14(11)17/h5-6,8,12H,2-4,7,9-10H2,1H3/t12-/m0/s1. The molecule has 0 N–H and O–H groups in total. The monoisotopic (exact) mass is 359 g/mol. The Labute approximate surface area is 133 Å². The van der Waals surface area contributed by atoms with E-state index in [1.165, 1.54) is 0 Å². The highest BCUT2D eigenvalue weighted by Crippen LogP contribution is 2.25.